The van der Waals surface area contributed by atoms with Gasteiger partial charge >= 0.3 is 0 Å². The fourth-order valence-electron chi connectivity index (χ4n) is 4.03. The molecule has 2 aliphatic rings. The second-order valence-electron chi connectivity index (χ2n) is 7.88. The monoisotopic (exact) mass is 434 g/mol. The Balaban J connectivity index is 1.28. The van der Waals surface area contributed by atoms with Gasteiger partial charge in [0.1, 0.15) is 24.8 Å². The maximum atomic E-state index is 13.2. The van der Waals surface area contributed by atoms with E-state index in [4.69, 9.17) is 9.47 Å². The molecule has 1 aromatic heterocycles. The van der Waals surface area contributed by atoms with Crippen molar-refractivity contribution in [3.63, 3.8) is 0 Å². The maximum absolute atomic E-state index is 13.2. The molecule has 0 saturated carbocycles. The van der Waals surface area contributed by atoms with Gasteiger partial charge in [-0.25, -0.2) is 14.4 Å². The van der Waals surface area contributed by atoms with Crippen LogP contribution in [-0.2, 0) is 4.79 Å². The van der Waals surface area contributed by atoms with Gasteiger partial charge in [-0.3, -0.25) is 4.79 Å². The van der Waals surface area contributed by atoms with E-state index in [9.17, 15) is 9.18 Å². The second kappa shape index (κ2) is 8.82. The van der Waals surface area contributed by atoms with Gasteiger partial charge in [0.15, 0.2) is 17.3 Å². The van der Waals surface area contributed by atoms with Crippen LogP contribution in [0.3, 0.4) is 0 Å². The molecule has 0 aliphatic carbocycles. The van der Waals surface area contributed by atoms with E-state index in [2.05, 4.69) is 20.2 Å². The lowest BCUT2D eigenvalue weighted by Gasteiger charge is -2.33. The average Bonchev–Trinajstić information content (AvgIpc) is 2.84. The van der Waals surface area contributed by atoms with Crippen LogP contribution in [0.1, 0.15) is 12.8 Å². The molecule has 8 heteroatoms. The number of carbonyl (C=O) groups is 1. The Hall–Kier alpha value is -3.68. The van der Waals surface area contributed by atoms with Crippen LogP contribution in [0.4, 0.5) is 15.9 Å². The summed E-state index contributed by atoms with van der Waals surface area (Å²) in [7, 11) is 0. The van der Waals surface area contributed by atoms with Gasteiger partial charge in [0.05, 0.1) is 5.92 Å². The fourth-order valence-corrected chi connectivity index (χ4v) is 4.03. The van der Waals surface area contributed by atoms with Gasteiger partial charge in [-0.05, 0) is 55.3 Å². The van der Waals surface area contributed by atoms with Crippen molar-refractivity contribution in [3.8, 4) is 22.9 Å². The Bertz CT molecular complexity index is 1120. The number of piperidine rings is 1. The van der Waals surface area contributed by atoms with E-state index < -0.39 is 0 Å². The number of ether oxygens (including phenoxy) is 2. The topological polar surface area (TPSA) is 76.6 Å². The lowest BCUT2D eigenvalue weighted by molar-refractivity contribution is -0.120. The predicted octanol–water partition coefficient (Wildman–Crippen LogP) is 3.91. The van der Waals surface area contributed by atoms with Gasteiger partial charge in [0.2, 0.25) is 5.91 Å². The number of fused-ring (bicyclic) bond motifs is 1. The number of rotatable bonds is 4. The van der Waals surface area contributed by atoms with Crippen LogP contribution < -0.4 is 19.7 Å². The third kappa shape index (κ3) is 4.34. The van der Waals surface area contributed by atoms with E-state index >= 15 is 0 Å². The number of anilines is 2. The largest absolute Gasteiger partial charge is 0.486 e. The van der Waals surface area contributed by atoms with Crippen molar-refractivity contribution in [1.82, 2.24) is 9.97 Å². The number of nitrogens with one attached hydrogen (secondary N) is 1. The quantitative estimate of drug-likeness (QED) is 0.671. The van der Waals surface area contributed by atoms with E-state index in [-0.39, 0.29) is 17.6 Å². The van der Waals surface area contributed by atoms with Crippen LogP contribution in [0.2, 0.25) is 0 Å². The van der Waals surface area contributed by atoms with Crippen LogP contribution in [0.25, 0.3) is 11.4 Å². The molecule has 164 valence electrons. The molecule has 0 bridgehead atoms. The minimum Gasteiger partial charge on any atom is -0.486 e. The van der Waals surface area contributed by atoms with Crippen molar-refractivity contribution in [2.75, 3.05) is 36.5 Å². The molecule has 7 nitrogen and oxygen atoms in total. The van der Waals surface area contributed by atoms with Crippen molar-refractivity contribution >= 4 is 17.4 Å². The summed E-state index contributed by atoms with van der Waals surface area (Å²) in [5.41, 5.74) is 1.44. The zero-order chi connectivity index (χ0) is 21.9. The Morgan fingerprint density at radius 2 is 1.88 bits per heavy atom. The average molecular weight is 434 g/mol. The molecule has 2 aromatic carbocycles. The van der Waals surface area contributed by atoms with E-state index in [1.54, 1.807) is 24.4 Å². The van der Waals surface area contributed by atoms with E-state index in [1.807, 2.05) is 18.2 Å². The predicted molar refractivity (Wildman–Crippen MR) is 118 cm³/mol. The number of benzene rings is 2. The van der Waals surface area contributed by atoms with Gasteiger partial charge in [0, 0.05) is 36.6 Å². The molecule has 0 radical (unpaired) electrons. The molecule has 3 aromatic rings. The SMILES string of the molecule is O=C(Nc1ccc2c(c1)OCCO2)C1CCCN(c2ccnc(-c3ccc(F)cc3)n2)C1. The number of halogens is 1. The van der Waals surface area contributed by atoms with Gasteiger partial charge in [-0.15, -0.1) is 0 Å². The smallest absolute Gasteiger partial charge is 0.229 e. The van der Waals surface area contributed by atoms with E-state index in [1.165, 1.54) is 12.1 Å². The van der Waals surface area contributed by atoms with Crippen molar-refractivity contribution in [1.29, 1.82) is 0 Å². The number of hydrogen-bond donors (Lipinski definition) is 1. The molecule has 1 unspecified atom stereocenters. The zero-order valence-corrected chi connectivity index (χ0v) is 17.5. The highest BCUT2D eigenvalue weighted by Crippen LogP contribution is 2.33. The normalized spacial score (nSPS) is 17.7. The summed E-state index contributed by atoms with van der Waals surface area (Å²) in [6.07, 6.45) is 3.39. The lowest BCUT2D eigenvalue weighted by atomic mass is 9.97. The standard InChI is InChI=1S/C24H23FN4O3/c25-18-5-3-16(4-6-18)23-26-10-9-22(28-23)29-11-1-2-17(15-29)24(30)27-19-7-8-20-21(14-19)32-13-12-31-20/h3-10,14,17H,1-2,11-13,15H2,(H,27,30). The minimum absolute atomic E-state index is 0.0285. The Kier molecular flexibility index (Phi) is 5.58. The first-order valence-electron chi connectivity index (χ1n) is 10.7. The number of carbonyl (C=O) groups excluding carboxylic acids is 1. The molecule has 3 heterocycles. The van der Waals surface area contributed by atoms with Crippen LogP contribution in [0.5, 0.6) is 11.5 Å². The van der Waals surface area contributed by atoms with Crippen molar-refractivity contribution in [2.45, 2.75) is 12.8 Å². The van der Waals surface area contributed by atoms with Gasteiger partial charge in [-0.1, -0.05) is 0 Å². The highest BCUT2D eigenvalue weighted by Gasteiger charge is 2.27. The molecule has 0 spiro atoms. The van der Waals surface area contributed by atoms with Crippen molar-refractivity contribution in [2.24, 2.45) is 5.92 Å². The Morgan fingerprint density at radius 3 is 2.72 bits per heavy atom. The maximum Gasteiger partial charge on any atom is 0.229 e. The molecule has 5 rings (SSSR count). The van der Waals surface area contributed by atoms with Gasteiger partial charge in [-0.2, -0.15) is 0 Å². The third-order valence-corrected chi connectivity index (χ3v) is 5.67. The highest BCUT2D eigenvalue weighted by molar-refractivity contribution is 5.93. The lowest BCUT2D eigenvalue weighted by Crippen LogP contribution is -2.41. The molecular weight excluding hydrogens is 411 g/mol. The summed E-state index contributed by atoms with van der Waals surface area (Å²) in [4.78, 5) is 24.0. The van der Waals surface area contributed by atoms with Crippen LogP contribution in [-0.4, -0.2) is 42.2 Å². The summed E-state index contributed by atoms with van der Waals surface area (Å²) in [6.45, 7) is 2.41. The summed E-state index contributed by atoms with van der Waals surface area (Å²) in [5.74, 6) is 2.14. The third-order valence-electron chi connectivity index (χ3n) is 5.67. The second-order valence-corrected chi connectivity index (χ2v) is 7.88. The molecule has 1 saturated heterocycles. The van der Waals surface area contributed by atoms with Crippen LogP contribution >= 0.6 is 0 Å². The van der Waals surface area contributed by atoms with Crippen LogP contribution in [0, 0.1) is 11.7 Å². The minimum atomic E-state index is -0.298. The number of amides is 1. The summed E-state index contributed by atoms with van der Waals surface area (Å²) in [6, 6.07) is 13.4. The first-order chi connectivity index (χ1) is 15.7. The number of aromatic nitrogens is 2. The van der Waals surface area contributed by atoms with Crippen molar-refractivity contribution < 1.29 is 18.7 Å². The molecule has 32 heavy (non-hydrogen) atoms. The van der Waals surface area contributed by atoms with E-state index in [0.29, 0.717) is 42.8 Å². The summed E-state index contributed by atoms with van der Waals surface area (Å²) in [5, 5.41) is 3.01. The van der Waals surface area contributed by atoms with E-state index in [0.717, 1.165) is 30.8 Å². The molecule has 1 fully saturated rings. The highest BCUT2D eigenvalue weighted by atomic mass is 19.1. The van der Waals surface area contributed by atoms with Gasteiger partial charge < -0.3 is 19.7 Å². The molecule has 2 aliphatic heterocycles. The molecule has 1 N–H and O–H groups in total. The Labute approximate surface area is 185 Å². The van der Waals surface area contributed by atoms with Gasteiger partial charge in [0.25, 0.3) is 0 Å². The molecule has 1 amide bonds. The summed E-state index contributed by atoms with van der Waals surface area (Å²) >= 11 is 0. The fraction of sp³-hybridized carbons (Fsp3) is 0.292. The molecule has 1 atom stereocenters. The molecular formula is C24H23FN4O3. The zero-order valence-electron chi connectivity index (χ0n) is 17.5. The first kappa shape index (κ1) is 20.2. The van der Waals surface area contributed by atoms with Crippen molar-refractivity contribution in [3.05, 3.63) is 60.5 Å². The Morgan fingerprint density at radius 1 is 1.06 bits per heavy atom. The van der Waals surface area contributed by atoms with Crippen LogP contribution in [0.15, 0.2) is 54.7 Å². The first-order valence-corrected chi connectivity index (χ1v) is 10.7. The summed E-state index contributed by atoms with van der Waals surface area (Å²) < 4.78 is 24.4. The number of hydrogen-bond acceptors (Lipinski definition) is 6. The number of nitrogens with zero attached hydrogens (tertiary/aromatic N) is 3.